The maximum Gasteiger partial charge on any atom is 0.329 e. The van der Waals surface area contributed by atoms with Crippen LogP contribution in [0.1, 0.15) is 93.9 Å². The molecular weight excluding hydrogens is 1090 g/mol. The van der Waals surface area contributed by atoms with Crippen LogP contribution in [0.3, 0.4) is 0 Å². The summed E-state index contributed by atoms with van der Waals surface area (Å²) in [5.74, 6) is 0. The number of ether oxygens (including phenoxy) is 6. The van der Waals surface area contributed by atoms with Gasteiger partial charge in [0.1, 0.15) is 0 Å². The average Bonchev–Trinajstić information content (AvgIpc) is 1.56. The molecular formula is C68H98N8O10. The molecule has 86 heavy (non-hydrogen) atoms. The third kappa shape index (κ3) is 21.1. The van der Waals surface area contributed by atoms with Gasteiger partial charge in [0, 0.05) is 99.0 Å². The molecule has 0 fully saturated rings. The van der Waals surface area contributed by atoms with Crippen molar-refractivity contribution in [1.82, 2.24) is 0 Å². The first-order valence-electron chi connectivity index (χ1n) is 31.0. The topological polar surface area (TPSA) is 150 Å². The highest BCUT2D eigenvalue weighted by atomic mass is 16.5. The van der Waals surface area contributed by atoms with Crippen molar-refractivity contribution in [3.05, 3.63) is 133 Å². The fourth-order valence-corrected chi connectivity index (χ4v) is 9.95. The number of carbonyl (C=O) groups is 4. The molecule has 0 radical (unpaired) electrons. The summed E-state index contributed by atoms with van der Waals surface area (Å²) >= 11 is 0. The molecule has 0 aromatic heterocycles. The molecule has 5 aromatic carbocycles. The van der Waals surface area contributed by atoms with E-state index in [1.165, 1.54) is 0 Å². The second-order valence-electron chi connectivity index (χ2n) is 21.1. The summed E-state index contributed by atoms with van der Waals surface area (Å²) in [7, 11) is 3.25. The fraction of sp³-hybridized carbons (Fsp3) is 0.500. The lowest BCUT2D eigenvalue weighted by Crippen LogP contribution is -2.48. The van der Waals surface area contributed by atoms with Crippen LogP contribution in [0, 0.1) is 0 Å². The van der Waals surface area contributed by atoms with E-state index in [0.29, 0.717) is 139 Å². The molecule has 0 bridgehead atoms. The quantitative estimate of drug-likeness (QED) is 0.0350. The first-order valence-corrected chi connectivity index (χ1v) is 31.0. The Kier molecular flexibility index (Phi) is 31.5. The molecule has 0 saturated carbocycles. The Hall–Kier alpha value is -7.06. The highest BCUT2D eigenvalue weighted by Gasteiger charge is 2.32. The molecule has 470 valence electrons. The Bertz CT molecular complexity index is 2560. The van der Waals surface area contributed by atoms with E-state index in [0.717, 1.165) is 24.2 Å². The van der Waals surface area contributed by atoms with E-state index >= 15 is 9.59 Å². The van der Waals surface area contributed by atoms with E-state index in [9.17, 15) is 9.59 Å². The Morgan fingerprint density at radius 1 is 0.314 bits per heavy atom. The number of methoxy groups -OCH3 is 2. The lowest BCUT2D eigenvalue weighted by molar-refractivity contribution is 0.00232. The van der Waals surface area contributed by atoms with Crippen LogP contribution in [-0.4, -0.2) is 156 Å². The summed E-state index contributed by atoms with van der Waals surface area (Å²) in [5, 5.41) is 0. The van der Waals surface area contributed by atoms with Gasteiger partial charge in [-0.1, -0.05) is 96.1 Å². The van der Waals surface area contributed by atoms with E-state index in [1.807, 2.05) is 185 Å². The van der Waals surface area contributed by atoms with Crippen LogP contribution in [0.2, 0.25) is 0 Å². The lowest BCUT2D eigenvalue weighted by atomic mass is 10.2. The van der Waals surface area contributed by atoms with Crippen LogP contribution in [0.5, 0.6) is 0 Å². The van der Waals surface area contributed by atoms with Gasteiger partial charge in [-0.3, -0.25) is 39.2 Å². The minimum Gasteiger partial charge on any atom is -0.382 e. The number of anilines is 8. The maximum absolute atomic E-state index is 15.8. The van der Waals surface area contributed by atoms with Crippen LogP contribution in [0.15, 0.2) is 133 Å². The van der Waals surface area contributed by atoms with Crippen LogP contribution < -0.4 is 39.2 Å². The molecule has 0 saturated heterocycles. The largest absolute Gasteiger partial charge is 0.382 e. The molecule has 0 aliphatic rings. The van der Waals surface area contributed by atoms with Crippen LogP contribution >= 0.6 is 0 Å². The zero-order valence-corrected chi connectivity index (χ0v) is 53.1. The number of para-hydroxylation sites is 2. The number of urea groups is 4. The maximum atomic E-state index is 15.8. The number of carbonyl (C=O) groups excluding carboxylic acids is 4. The molecule has 0 heterocycles. The van der Waals surface area contributed by atoms with Crippen molar-refractivity contribution < 1.29 is 47.6 Å². The van der Waals surface area contributed by atoms with E-state index < -0.39 is 12.2 Å². The highest BCUT2D eigenvalue weighted by molar-refractivity contribution is 6.08. The molecule has 0 aliphatic heterocycles. The smallest absolute Gasteiger partial charge is 0.329 e. The van der Waals surface area contributed by atoms with Gasteiger partial charge in [0.25, 0.3) is 0 Å². The van der Waals surface area contributed by atoms with E-state index in [4.69, 9.17) is 28.4 Å². The van der Waals surface area contributed by atoms with Crippen molar-refractivity contribution in [2.75, 3.05) is 159 Å². The molecule has 0 aliphatic carbocycles. The summed E-state index contributed by atoms with van der Waals surface area (Å²) in [6, 6.07) is 41.3. The Balaban J connectivity index is 1.60. The number of amides is 8. The van der Waals surface area contributed by atoms with Crippen molar-refractivity contribution in [1.29, 1.82) is 0 Å². The summed E-state index contributed by atoms with van der Waals surface area (Å²) in [4.78, 5) is 75.0. The van der Waals surface area contributed by atoms with Gasteiger partial charge < -0.3 is 28.4 Å². The first kappa shape index (κ1) is 69.7. The van der Waals surface area contributed by atoms with Gasteiger partial charge in [-0.15, -0.1) is 0 Å². The fourth-order valence-electron chi connectivity index (χ4n) is 9.95. The zero-order valence-electron chi connectivity index (χ0n) is 53.1. The molecule has 2 atom stereocenters. The molecule has 18 nitrogen and oxygen atoms in total. The van der Waals surface area contributed by atoms with Crippen molar-refractivity contribution in [3.63, 3.8) is 0 Å². The SMILES string of the molecule is CCCN(C(=O)N(CCC)c1cccc(N(CCC)C(=O)N(C[C@H](C)OCCOCCOC)c2cccc(N(C[C@H](C)OCCOCCOC)C(=O)N(CCC)c3cccc(N(CCC)C(=O)N(CCC)c4ccccc4)c3)c2)c1)c1ccccc1. The van der Waals surface area contributed by atoms with Crippen molar-refractivity contribution in [2.45, 2.75) is 106 Å². The minimum absolute atomic E-state index is 0.141. The Morgan fingerprint density at radius 3 is 0.814 bits per heavy atom. The second kappa shape index (κ2) is 38.9. The van der Waals surface area contributed by atoms with Crippen molar-refractivity contribution in [3.8, 4) is 0 Å². The predicted molar refractivity (Wildman–Crippen MR) is 351 cm³/mol. The monoisotopic (exact) mass is 1190 g/mol. The van der Waals surface area contributed by atoms with Crippen molar-refractivity contribution >= 4 is 69.6 Å². The third-order valence-electron chi connectivity index (χ3n) is 14.0. The third-order valence-corrected chi connectivity index (χ3v) is 14.0. The summed E-state index contributed by atoms with van der Waals surface area (Å²) in [6.45, 7) is 22.1. The Labute approximate surface area is 513 Å². The normalized spacial score (nSPS) is 11.8. The van der Waals surface area contributed by atoms with Gasteiger partial charge >= 0.3 is 24.1 Å². The average molecular weight is 1190 g/mol. The number of rotatable bonds is 38. The van der Waals surface area contributed by atoms with Gasteiger partial charge in [-0.2, -0.15) is 0 Å². The van der Waals surface area contributed by atoms with Gasteiger partial charge in [0.2, 0.25) is 0 Å². The van der Waals surface area contributed by atoms with Crippen LogP contribution in [0.25, 0.3) is 0 Å². The highest BCUT2D eigenvalue weighted by Crippen LogP contribution is 2.33. The number of benzene rings is 5. The second-order valence-corrected chi connectivity index (χ2v) is 21.1. The molecule has 5 aromatic rings. The summed E-state index contributed by atoms with van der Waals surface area (Å²) in [6.07, 6.45) is 3.29. The van der Waals surface area contributed by atoms with E-state index in [-0.39, 0.29) is 50.4 Å². The van der Waals surface area contributed by atoms with E-state index in [2.05, 4.69) is 13.8 Å². The summed E-state index contributed by atoms with van der Waals surface area (Å²) in [5.41, 5.74) is 5.27. The molecule has 5 rings (SSSR count). The number of hydrogen-bond donors (Lipinski definition) is 0. The van der Waals surface area contributed by atoms with Crippen molar-refractivity contribution in [2.24, 2.45) is 0 Å². The Morgan fingerprint density at radius 2 is 0.547 bits per heavy atom. The molecule has 0 N–H and O–H groups in total. The molecule has 8 amide bonds. The standard InChI is InChI=1S/C68H98N8O10/c1-11-36-69(57-26-19-17-20-27-57)65(77)71(38-13-3)59-30-23-32-61(50-59)73(40-15-5)67(79)75(53-55(7)85-48-46-83-44-42-81-9)63-34-25-35-64(52-63)76(54-56(8)86-49-47-84-45-43-82-10)68(80)74(41-16-6)62-33-24-31-60(51-62)72(39-14-4)66(78)70(37-12-2)58-28-21-18-22-29-58/h17-35,50-52,55-56H,11-16,36-49,53-54H2,1-10H3/t55-,56-/m0/s1. The van der Waals surface area contributed by atoms with Gasteiger partial charge in [-0.05, 0) is 131 Å². The molecule has 0 unspecified atom stereocenters. The number of nitrogens with zero attached hydrogens (tertiary/aromatic N) is 8. The molecule has 18 heteroatoms. The van der Waals surface area contributed by atoms with Gasteiger partial charge in [0.15, 0.2) is 0 Å². The van der Waals surface area contributed by atoms with Gasteiger partial charge in [-0.25, -0.2) is 19.2 Å². The minimum atomic E-state index is -0.464. The first-order chi connectivity index (χ1) is 41.9. The van der Waals surface area contributed by atoms with Crippen LogP contribution in [-0.2, 0) is 28.4 Å². The van der Waals surface area contributed by atoms with Gasteiger partial charge in [0.05, 0.1) is 78.2 Å². The molecule has 0 spiro atoms. The van der Waals surface area contributed by atoms with E-state index in [1.54, 1.807) is 43.6 Å². The lowest BCUT2D eigenvalue weighted by Gasteiger charge is -2.35. The predicted octanol–water partition coefficient (Wildman–Crippen LogP) is 14.0. The zero-order chi connectivity index (χ0) is 62.1. The summed E-state index contributed by atoms with van der Waals surface area (Å²) < 4.78 is 34.5. The number of hydrogen-bond acceptors (Lipinski definition) is 10. The van der Waals surface area contributed by atoms with Crippen LogP contribution in [0.4, 0.5) is 64.7 Å².